The van der Waals surface area contributed by atoms with E-state index in [-0.39, 0.29) is 0 Å². The molecule has 3 rings (SSSR count). The van der Waals surface area contributed by atoms with Crippen molar-refractivity contribution in [3.05, 3.63) is 57.8 Å². The van der Waals surface area contributed by atoms with E-state index in [1.807, 2.05) is 25.1 Å². The SMILES string of the molecule is Cc1cccc2c1N(Cc1ccc(Br)cn1)C(=O)C2=O. The summed E-state index contributed by atoms with van der Waals surface area (Å²) in [5.41, 5.74) is 2.84. The van der Waals surface area contributed by atoms with Crippen LogP contribution < -0.4 is 4.90 Å². The molecule has 0 fully saturated rings. The average Bonchev–Trinajstić information content (AvgIpc) is 2.68. The molecule has 0 saturated heterocycles. The van der Waals surface area contributed by atoms with E-state index in [4.69, 9.17) is 0 Å². The molecule has 100 valence electrons. The van der Waals surface area contributed by atoms with Crippen LogP contribution in [0.5, 0.6) is 0 Å². The number of carbonyl (C=O) groups excluding carboxylic acids is 2. The lowest BCUT2D eigenvalue weighted by atomic mass is 10.1. The number of amides is 1. The van der Waals surface area contributed by atoms with Gasteiger partial charge in [0.15, 0.2) is 0 Å². The minimum atomic E-state index is -0.487. The smallest absolute Gasteiger partial charge is 0.298 e. The van der Waals surface area contributed by atoms with Crippen LogP contribution >= 0.6 is 15.9 Å². The third-order valence-corrected chi connectivity index (χ3v) is 3.77. The Labute approximate surface area is 124 Å². The molecule has 2 heterocycles. The molecule has 0 aliphatic carbocycles. The van der Waals surface area contributed by atoms with Crippen molar-refractivity contribution in [3.63, 3.8) is 0 Å². The molecule has 1 aromatic heterocycles. The molecule has 1 aliphatic heterocycles. The predicted molar refractivity (Wildman–Crippen MR) is 78.6 cm³/mol. The Bertz CT molecular complexity index is 710. The Kier molecular flexibility index (Phi) is 3.14. The first-order valence-corrected chi connectivity index (χ1v) is 6.93. The van der Waals surface area contributed by atoms with E-state index in [1.165, 1.54) is 4.90 Å². The van der Waals surface area contributed by atoms with Crippen molar-refractivity contribution in [2.75, 3.05) is 4.90 Å². The molecule has 1 amide bonds. The normalized spacial score (nSPS) is 13.8. The number of pyridine rings is 1. The Morgan fingerprint density at radius 3 is 2.70 bits per heavy atom. The number of Topliss-reactive ketones (excluding diaryl/α,β-unsaturated/α-hetero) is 1. The molecule has 0 saturated carbocycles. The maximum Gasteiger partial charge on any atom is 0.299 e. The van der Waals surface area contributed by atoms with E-state index in [1.54, 1.807) is 18.3 Å². The molecule has 0 unspecified atom stereocenters. The van der Waals surface area contributed by atoms with Crippen LogP contribution in [0.1, 0.15) is 21.6 Å². The molecular formula is C15H11BrN2O2. The van der Waals surface area contributed by atoms with Gasteiger partial charge in [0, 0.05) is 10.7 Å². The average molecular weight is 331 g/mol. The van der Waals surface area contributed by atoms with Crippen molar-refractivity contribution < 1.29 is 9.59 Å². The summed E-state index contributed by atoms with van der Waals surface area (Å²) >= 11 is 3.32. The number of rotatable bonds is 2. The Hall–Kier alpha value is -2.01. The van der Waals surface area contributed by atoms with Gasteiger partial charge < -0.3 is 0 Å². The van der Waals surface area contributed by atoms with Crippen LogP contribution in [0.4, 0.5) is 5.69 Å². The molecule has 0 spiro atoms. The predicted octanol–water partition coefficient (Wildman–Crippen LogP) is 2.88. The van der Waals surface area contributed by atoms with Gasteiger partial charge in [-0.05, 0) is 46.6 Å². The van der Waals surface area contributed by atoms with Crippen LogP contribution in [-0.4, -0.2) is 16.7 Å². The lowest BCUT2D eigenvalue weighted by Crippen LogP contribution is -2.29. The maximum absolute atomic E-state index is 12.1. The zero-order valence-corrected chi connectivity index (χ0v) is 12.3. The fourth-order valence-electron chi connectivity index (χ4n) is 2.35. The molecule has 4 nitrogen and oxygen atoms in total. The maximum atomic E-state index is 12.1. The Morgan fingerprint density at radius 2 is 2.00 bits per heavy atom. The van der Waals surface area contributed by atoms with E-state index in [9.17, 15) is 9.59 Å². The first kappa shape index (κ1) is 13.0. The van der Waals surface area contributed by atoms with Gasteiger partial charge in [-0.1, -0.05) is 12.1 Å². The number of carbonyl (C=O) groups is 2. The summed E-state index contributed by atoms with van der Waals surface area (Å²) < 4.78 is 0.877. The summed E-state index contributed by atoms with van der Waals surface area (Å²) in [6, 6.07) is 9.08. The van der Waals surface area contributed by atoms with Gasteiger partial charge >= 0.3 is 0 Å². The summed E-state index contributed by atoms with van der Waals surface area (Å²) in [6.07, 6.45) is 1.68. The van der Waals surface area contributed by atoms with Crippen LogP contribution in [0.3, 0.4) is 0 Å². The number of benzene rings is 1. The number of aryl methyl sites for hydroxylation is 1. The third-order valence-electron chi connectivity index (χ3n) is 3.30. The number of halogens is 1. The summed E-state index contributed by atoms with van der Waals surface area (Å²) in [5.74, 6) is -0.931. The number of ketones is 1. The van der Waals surface area contributed by atoms with Crippen LogP contribution in [0, 0.1) is 6.92 Å². The molecule has 0 atom stereocenters. The molecule has 5 heteroatoms. The molecule has 1 aromatic carbocycles. The number of anilines is 1. The van der Waals surface area contributed by atoms with Crippen LogP contribution in [0.15, 0.2) is 41.0 Å². The summed E-state index contributed by atoms with van der Waals surface area (Å²) in [6.45, 7) is 2.20. The standard InChI is InChI=1S/C15H11BrN2O2/c1-9-3-2-4-12-13(9)18(15(20)14(12)19)8-11-6-5-10(16)7-17-11/h2-7H,8H2,1H3. The van der Waals surface area contributed by atoms with E-state index in [2.05, 4.69) is 20.9 Å². The lowest BCUT2D eigenvalue weighted by Gasteiger charge is -2.17. The third kappa shape index (κ3) is 2.04. The van der Waals surface area contributed by atoms with Gasteiger partial charge in [0.1, 0.15) is 0 Å². The largest absolute Gasteiger partial charge is 0.299 e. The van der Waals surface area contributed by atoms with Gasteiger partial charge in [0.25, 0.3) is 11.7 Å². The fourth-order valence-corrected chi connectivity index (χ4v) is 2.59. The van der Waals surface area contributed by atoms with Gasteiger partial charge in [-0.3, -0.25) is 19.5 Å². The molecule has 2 aromatic rings. The van der Waals surface area contributed by atoms with Crippen molar-refractivity contribution in [1.82, 2.24) is 4.98 Å². The van der Waals surface area contributed by atoms with E-state index in [0.29, 0.717) is 17.8 Å². The summed E-state index contributed by atoms with van der Waals surface area (Å²) in [7, 11) is 0. The Balaban J connectivity index is 2.01. The number of fused-ring (bicyclic) bond motifs is 1. The van der Waals surface area contributed by atoms with Crippen LogP contribution in [0.25, 0.3) is 0 Å². The highest BCUT2D eigenvalue weighted by molar-refractivity contribution is 9.10. The number of hydrogen-bond donors (Lipinski definition) is 0. The first-order chi connectivity index (χ1) is 9.58. The molecule has 0 N–H and O–H groups in total. The summed E-state index contributed by atoms with van der Waals surface area (Å²) in [4.78, 5) is 29.9. The van der Waals surface area contributed by atoms with E-state index in [0.717, 1.165) is 15.7 Å². The molecule has 1 aliphatic rings. The minimum Gasteiger partial charge on any atom is -0.298 e. The highest BCUT2D eigenvalue weighted by Crippen LogP contribution is 2.33. The quantitative estimate of drug-likeness (QED) is 0.795. The second-order valence-electron chi connectivity index (χ2n) is 4.66. The molecule has 20 heavy (non-hydrogen) atoms. The molecule has 0 bridgehead atoms. The van der Waals surface area contributed by atoms with Gasteiger partial charge in [-0.2, -0.15) is 0 Å². The number of hydrogen-bond acceptors (Lipinski definition) is 3. The van der Waals surface area contributed by atoms with Crippen molar-refractivity contribution in [1.29, 1.82) is 0 Å². The van der Waals surface area contributed by atoms with Gasteiger partial charge in [-0.15, -0.1) is 0 Å². The monoisotopic (exact) mass is 330 g/mol. The first-order valence-electron chi connectivity index (χ1n) is 6.14. The highest BCUT2D eigenvalue weighted by atomic mass is 79.9. The minimum absolute atomic E-state index is 0.301. The zero-order valence-electron chi connectivity index (χ0n) is 10.8. The Morgan fingerprint density at radius 1 is 1.20 bits per heavy atom. The fraction of sp³-hybridized carbons (Fsp3) is 0.133. The van der Waals surface area contributed by atoms with Gasteiger partial charge in [-0.25, -0.2) is 0 Å². The second-order valence-corrected chi connectivity index (χ2v) is 5.57. The van der Waals surface area contributed by atoms with Gasteiger partial charge in [0.05, 0.1) is 23.5 Å². The van der Waals surface area contributed by atoms with Crippen molar-refractivity contribution in [3.8, 4) is 0 Å². The van der Waals surface area contributed by atoms with Gasteiger partial charge in [0.2, 0.25) is 0 Å². The molecule has 0 radical (unpaired) electrons. The number of para-hydroxylation sites is 1. The van der Waals surface area contributed by atoms with Crippen LogP contribution in [0.2, 0.25) is 0 Å². The number of nitrogens with zero attached hydrogens (tertiary/aromatic N) is 2. The van der Waals surface area contributed by atoms with E-state index >= 15 is 0 Å². The zero-order chi connectivity index (χ0) is 14.3. The van der Waals surface area contributed by atoms with Crippen molar-refractivity contribution in [2.45, 2.75) is 13.5 Å². The lowest BCUT2D eigenvalue weighted by molar-refractivity contribution is -0.114. The topological polar surface area (TPSA) is 50.3 Å². The molecular weight excluding hydrogens is 320 g/mol. The van der Waals surface area contributed by atoms with Crippen molar-refractivity contribution >= 4 is 33.3 Å². The second kappa shape index (κ2) is 4.83. The van der Waals surface area contributed by atoms with Crippen molar-refractivity contribution in [2.24, 2.45) is 0 Å². The summed E-state index contributed by atoms with van der Waals surface area (Å²) in [5, 5.41) is 0. The van der Waals surface area contributed by atoms with Crippen LogP contribution in [-0.2, 0) is 11.3 Å². The highest BCUT2D eigenvalue weighted by Gasteiger charge is 2.36. The number of aromatic nitrogens is 1. The van der Waals surface area contributed by atoms with E-state index < -0.39 is 11.7 Å².